The summed E-state index contributed by atoms with van der Waals surface area (Å²) in [6, 6.07) is 7.64. The molecule has 0 aliphatic carbocycles. The van der Waals surface area contributed by atoms with E-state index in [-0.39, 0.29) is 23.9 Å². The van der Waals surface area contributed by atoms with Crippen molar-refractivity contribution in [2.75, 3.05) is 17.3 Å². The average molecular weight is 645 g/mol. The summed E-state index contributed by atoms with van der Waals surface area (Å²) in [7, 11) is 0. The smallest absolute Gasteiger partial charge is 0.352 e. The lowest BCUT2D eigenvalue weighted by atomic mass is 10.0. The Morgan fingerprint density at radius 2 is 1.93 bits per heavy atom. The molecule has 0 saturated carbocycles. The van der Waals surface area contributed by atoms with Gasteiger partial charge in [-0.05, 0) is 23.8 Å². The van der Waals surface area contributed by atoms with E-state index in [0.717, 1.165) is 4.90 Å². The second kappa shape index (κ2) is 13.5. The molecule has 40 heavy (non-hydrogen) atoms. The molecule has 2 aliphatic rings. The maximum absolute atomic E-state index is 12.9. The van der Waals surface area contributed by atoms with Crippen molar-refractivity contribution in [3.8, 4) is 0 Å². The Labute approximate surface area is 252 Å². The number of hydrogen-bond acceptors (Lipinski definition) is 9. The zero-order chi connectivity index (χ0) is 29.0. The summed E-state index contributed by atoms with van der Waals surface area (Å²) in [5.41, 5.74) is 0.521. The third kappa shape index (κ3) is 7.45. The first-order valence-electron chi connectivity index (χ1n) is 11.8. The number of fused-ring (bicyclic) bond motifs is 1. The number of carboxylic acid groups (broad SMARTS) is 2. The number of carboxylic acids is 2. The topological polar surface area (TPSA) is 151 Å². The first-order valence-corrected chi connectivity index (χ1v) is 15.6. The van der Waals surface area contributed by atoms with Crippen molar-refractivity contribution in [3.05, 3.63) is 64.0 Å². The highest BCUT2D eigenvalue weighted by atomic mass is 35.5. The maximum atomic E-state index is 12.9. The number of β-lactam (4-membered cyclic amide) rings is 1. The molecule has 3 N–H and O–H groups in total. The summed E-state index contributed by atoms with van der Waals surface area (Å²) in [6.45, 7) is 0.0904. The number of pyridine rings is 1. The van der Waals surface area contributed by atoms with Crippen LogP contribution in [-0.2, 0) is 25.7 Å². The zero-order valence-corrected chi connectivity index (χ0v) is 24.6. The molecule has 0 bridgehead atoms. The molecule has 1 saturated heterocycles. The molecule has 2 aromatic rings. The van der Waals surface area contributed by atoms with Crippen molar-refractivity contribution in [1.29, 1.82) is 0 Å². The van der Waals surface area contributed by atoms with Gasteiger partial charge in [0.15, 0.2) is 18.9 Å². The van der Waals surface area contributed by atoms with Crippen molar-refractivity contribution < 1.29 is 39.1 Å². The lowest BCUT2D eigenvalue weighted by molar-refractivity contribution is -0.703. The second-order valence-corrected chi connectivity index (χ2v) is 12.8. The number of hydrogen-bond donors (Lipinski definition) is 3. The predicted octanol–water partition coefficient (Wildman–Crippen LogP) is 1.40. The highest BCUT2D eigenvalue weighted by Crippen LogP contribution is 2.41. The number of nitrogens with zero attached hydrogens (tertiary/aromatic N) is 2. The van der Waals surface area contributed by atoms with E-state index in [9.17, 15) is 34.5 Å². The lowest BCUT2D eigenvalue weighted by Crippen LogP contribution is -2.70. The van der Waals surface area contributed by atoms with Crippen molar-refractivity contribution in [3.63, 3.8) is 0 Å². The molecule has 4 rings (SSSR count). The summed E-state index contributed by atoms with van der Waals surface area (Å²) in [6.07, 6.45) is 1.82. The molecule has 0 spiro atoms. The fourth-order valence-corrected chi connectivity index (χ4v) is 7.75. The molecule has 2 amide bonds. The van der Waals surface area contributed by atoms with E-state index in [2.05, 4.69) is 5.32 Å². The van der Waals surface area contributed by atoms with E-state index in [1.165, 1.54) is 40.2 Å². The van der Waals surface area contributed by atoms with Gasteiger partial charge in [0.2, 0.25) is 5.91 Å². The first kappa shape index (κ1) is 30.5. The summed E-state index contributed by atoms with van der Waals surface area (Å²) in [5, 5.41) is 33.4. The van der Waals surface area contributed by atoms with Gasteiger partial charge in [0.25, 0.3) is 5.91 Å². The van der Waals surface area contributed by atoms with Crippen LogP contribution in [0.3, 0.4) is 0 Å². The molecular formula is C25H23Cl2N3O7S3. The molecule has 15 heteroatoms. The van der Waals surface area contributed by atoms with Gasteiger partial charge in [-0.3, -0.25) is 14.5 Å². The maximum Gasteiger partial charge on any atom is 0.352 e. The Morgan fingerprint density at radius 1 is 1.20 bits per heavy atom. The van der Waals surface area contributed by atoms with Gasteiger partial charge in [-0.2, -0.15) is 0 Å². The third-order valence-electron chi connectivity index (χ3n) is 5.92. The van der Waals surface area contributed by atoms with Crippen LogP contribution in [0.5, 0.6) is 0 Å². The van der Waals surface area contributed by atoms with E-state index >= 15 is 0 Å². The fraction of sp³-hybridized carbons (Fsp3) is 0.320. The van der Waals surface area contributed by atoms with E-state index in [1.807, 2.05) is 0 Å². The van der Waals surface area contributed by atoms with Gasteiger partial charge in [-0.15, -0.1) is 35.3 Å². The number of thioether (sulfide) groups is 3. The van der Waals surface area contributed by atoms with Gasteiger partial charge in [0.1, 0.15) is 23.2 Å². The number of carbonyl (C=O) groups is 4. The van der Waals surface area contributed by atoms with Crippen LogP contribution in [0.15, 0.2) is 63.8 Å². The largest absolute Gasteiger partial charge is 0.550 e. The van der Waals surface area contributed by atoms with Crippen LogP contribution >= 0.6 is 58.5 Å². The number of halogens is 2. The molecule has 1 fully saturated rings. The lowest BCUT2D eigenvalue weighted by Gasteiger charge is -2.49. The summed E-state index contributed by atoms with van der Waals surface area (Å²) >= 11 is 16.1. The quantitative estimate of drug-likeness (QED) is 0.176. The van der Waals surface area contributed by atoms with E-state index in [1.54, 1.807) is 47.3 Å². The van der Waals surface area contributed by atoms with E-state index < -0.39 is 41.8 Å². The first-order chi connectivity index (χ1) is 19.0. The Balaban J connectivity index is 1.34. The number of rotatable bonds is 12. The predicted molar refractivity (Wildman–Crippen MR) is 150 cm³/mol. The van der Waals surface area contributed by atoms with Crippen molar-refractivity contribution in [2.45, 2.75) is 40.3 Å². The summed E-state index contributed by atoms with van der Waals surface area (Å²) < 4.78 is 1.63. The molecule has 2 aliphatic heterocycles. The van der Waals surface area contributed by atoms with Crippen LogP contribution in [-0.4, -0.2) is 73.6 Å². The SMILES string of the molecule is O=C([O-])CC(O)C[n+]1ccc(SCC2=C(C(=O)O)N3C(=O)[C@@H](NC(=O)CSc4cc(Cl)ccc4Cl)[C@H]3SC2)cc1. The summed E-state index contributed by atoms with van der Waals surface area (Å²) in [4.78, 5) is 50.9. The number of aliphatic hydroxyl groups excluding tert-OH is 1. The Kier molecular flexibility index (Phi) is 10.3. The van der Waals surface area contributed by atoms with Crippen LogP contribution in [0.4, 0.5) is 0 Å². The minimum Gasteiger partial charge on any atom is -0.550 e. The van der Waals surface area contributed by atoms with Crippen molar-refractivity contribution in [2.24, 2.45) is 0 Å². The molecular weight excluding hydrogens is 621 g/mol. The second-order valence-electron chi connectivity index (χ2n) is 8.82. The molecule has 212 valence electrons. The average Bonchev–Trinajstić information content (AvgIpc) is 2.90. The normalized spacial score (nSPS) is 19.1. The minimum absolute atomic E-state index is 0.0115. The molecule has 1 unspecified atom stereocenters. The molecule has 3 atom stereocenters. The van der Waals surface area contributed by atoms with Gasteiger partial charge in [0.05, 0.1) is 10.8 Å². The number of aliphatic hydroxyl groups is 1. The van der Waals surface area contributed by atoms with Crippen LogP contribution < -0.4 is 15.0 Å². The van der Waals surface area contributed by atoms with Crippen molar-refractivity contribution >= 4 is 82.2 Å². The highest BCUT2D eigenvalue weighted by molar-refractivity contribution is 8.01. The molecule has 1 aromatic heterocycles. The van der Waals surface area contributed by atoms with Crippen LogP contribution in [0.25, 0.3) is 0 Å². The highest BCUT2D eigenvalue weighted by Gasteiger charge is 2.54. The summed E-state index contributed by atoms with van der Waals surface area (Å²) in [5.74, 6) is -2.68. The number of nitrogens with one attached hydrogen (secondary N) is 1. The number of amides is 2. The molecule has 0 radical (unpaired) electrons. The Morgan fingerprint density at radius 3 is 2.60 bits per heavy atom. The van der Waals surface area contributed by atoms with Gasteiger partial charge < -0.3 is 25.4 Å². The number of aromatic nitrogens is 1. The van der Waals surface area contributed by atoms with Crippen molar-refractivity contribution in [1.82, 2.24) is 10.2 Å². The number of aliphatic carboxylic acids is 2. The number of carbonyl (C=O) groups excluding carboxylic acids is 3. The Bertz CT molecular complexity index is 1360. The number of benzene rings is 1. The molecule has 3 heterocycles. The zero-order valence-electron chi connectivity index (χ0n) is 20.6. The van der Waals surface area contributed by atoms with Gasteiger partial charge >= 0.3 is 5.97 Å². The fourth-order valence-electron chi connectivity index (χ4n) is 4.07. The van der Waals surface area contributed by atoms with Gasteiger partial charge in [-0.1, -0.05) is 23.2 Å². The van der Waals surface area contributed by atoms with Gasteiger partial charge in [0, 0.05) is 50.8 Å². The monoisotopic (exact) mass is 643 g/mol. The standard InChI is InChI=1S/C25H23Cl2N3O7S3/c26-14-1-2-17(27)18(7-14)39-12-19(32)28-21-23(35)30-22(25(36)37)13(11-40-24(21)30)10-38-16-3-5-29(6-4-16)9-15(31)8-20(33)34/h1-7,15,21,24,31H,8-12H2,(H2-,28,32,33,34,36,37)/t15?,21-,24-/m1/s1. The molecule has 1 aromatic carbocycles. The van der Waals surface area contributed by atoms with E-state index in [4.69, 9.17) is 23.2 Å². The third-order valence-corrected chi connectivity index (χ3v) is 10.1. The molecule has 10 nitrogen and oxygen atoms in total. The van der Waals surface area contributed by atoms with Crippen LogP contribution in [0, 0.1) is 0 Å². The van der Waals surface area contributed by atoms with Crippen LogP contribution in [0.1, 0.15) is 6.42 Å². The minimum atomic E-state index is -1.33. The van der Waals surface area contributed by atoms with E-state index in [0.29, 0.717) is 32.0 Å². The van der Waals surface area contributed by atoms with Crippen LogP contribution in [0.2, 0.25) is 10.0 Å². The van der Waals surface area contributed by atoms with Gasteiger partial charge in [-0.25, -0.2) is 9.36 Å². The Hall–Kier alpha value is -2.42.